The molecule has 1 nitrogen and oxygen atoms in total. The highest BCUT2D eigenvalue weighted by atomic mass is 32.1. The zero-order valence-corrected chi connectivity index (χ0v) is 13.0. The summed E-state index contributed by atoms with van der Waals surface area (Å²) in [5, 5.41) is 6.19. The van der Waals surface area contributed by atoms with Gasteiger partial charge in [0.15, 0.2) is 0 Å². The minimum atomic E-state index is 1.14. The van der Waals surface area contributed by atoms with E-state index < -0.39 is 0 Å². The van der Waals surface area contributed by atoms with E-state index in [2.05, 4.69) is 53.9 Å². The molecule has 4 aromatic rings. The molecular formula is C20H15NS. The van der Waals surface area contributed by atoms with Crippen molar-refractivity contribution >= 4 is 33.0 Å². The molecule has 0 bridgehead atoms. The number of hydrogen-bond donors (Lipinski definition) is 0. The topological polar surface area (TPSA) is 12.9 Å². The van der Waals surface area contributed by atoms with Gasteiger partial charge in [0.2, 0.25) is 0 Å². The van der Waals surface area contributed by atoms with Crippen molar-refractivity contribution in [2.24, 2.45) is 0 Å². The molecule has 2 aromatic carbocycles. The normalized spacial score (nSPS) is 13.8. The number of rotatable bonds is 1. The van der Waals surface area contributed by atoms with E-state index in [1.54, 1.807) is 11.3 Å². The summed E-state index contributed by atoms with van der Waals surface area (Å²) >= 11 is 1.79. The number of aromatic nitrogens is 1. The molecule has 2 aromatic heterocycles. The molecule has 106 valence electrons. The fourth-order valence-corrected chi connectivity index (χ4v) is 4.50. The second kappa shape index (κ2) is 4.65. The Morgan fingerprint density at radius 1 is 0.864 bits per heavy atom. The molecule has 0 atom stereocenters. The fourth-order valence-electron chi connectivity index (χ4n) is 3.76. The van der Waals surface area contributed by atoms with Gasteiger partial charge in [-0.25, -0.2) is 4.98 Å². The highest BCUT2D eigenvalue weighted by Gasteiger charge is 2.22. The molecular weight excluding hydrogens is 286 g/mol. The summed E-state index contributed by atoms with van der Waals surface area (Å²) in [7, 11) is 0. The van der Waals surface area contributed by atoms with Gasteiger partial charge >= 0.3 is 0 Å². The molecule has 2 heteroatoms. The van der Waals surface area contributed by atoms with E-state index in [9.17, 15) is 0 Å². The molecule has 1 aliphatic rings. The van der Waals surface area contributed by atoms with E-state index in [1.807, 2.05) is 0 Å². The van der Waals surface area contributed by atoms with Gasteiger partial charge in [-0.3, -0.25) is 0 Å². The van der Waals surface area contributed by atoms with Gasteiger partial charge in [-0.15, -0.1) is 11.3 Å². The quantitative estimate of drug-likeness (QED) is 0.417. The van der Waals surface area contributed by atoms with E-state index in [0.717, 1.165) is 11.9 Å². The highest BCUT2D eigenvalue weighted by molar-refractivity contribution is 7.13. The van der Waals surface area contributed by atoms with Crippen LogP contribution in [0.5, 0.6) is 0 Å². The Balaban J connectivity index is 1.96. The fraction of sp³-hybridized carbons (Fsp3) is 0.150. The number of hydrogen-bond acceptors (Lipinski definition) is 2. The minimum Gasteiger partial charge on any atom is -0.247 e. The monoisotopic (exact) mass is 301 g/mol. The van der Waals surface area contributed by atoms with E-state index in [4.69, 9.17) is 4.98 Å². The average Bonchev–Trinajstić information content (AvgIpc) is 3.25. The number of thiophene rings is 1. The van der Waals surface area contributed by atoms with Gasteiger partial charge < -0.3 is 0 Å². The molecule has 0 fully saturated rings. The average molecular weight is 301 g/mol. The van der Waals surface area contributed by atoms with Crippen molar-refractivity contribution < 1.29 is 0 Å². The van der Waals surface area contributed by atoms with Crippen LogP contribution >= 0.6 is 11.3 Å². The van der Waals surface area contributed by atoms with Gasteiger partial charge in [0, 0.05) is 5.39 Å². The number of nitrogens with zero attached hydrogens (tertiary/aromatic N) is 1. The maximum absolute atomic E-state index is 5.05. The van der Waals surface area contributed by atoms with Gasteiger partial charge in [-0.2, -0.15) is 0 Å². The van der Waals surface area contributed by atoms with Crippen LogP contribution in [0.15, 0.2) is 53.9 Å². The van der Waals surface area contributed by atoms with Gasteiger partial charge in [0.1, 0.15) is 0 Å². The van der Waals surface area contributed by atoms with E-state index >= 15 is 0 Å². The summed E-state index contributed by atoms with van der Waals surface area (Å²) in [6.45, 7) is 0. The molecule has 0 saturated heterocycles. The zero-order chi connectivity index (χ0) is 14.5. The van der Waals surface area contributed by atoms with Crippen LogP contribution < -0.4 is 0 Å². The number of benzene rings is 2. The summed E-state index contributed by atoms with van der Waals surface area (Å²) in [6.07, 6.45) is 3.59. The predicted octanol–water partition coefficient (Wildman–Crippen LogP) is 5.61. The van der Waals surface area contributed by atoms with Crippen molar-refractivity contribution in [3.63, 3.8) is 0 Å². The van der Waals surface area contributed by atoms with Crippen LogP contribution in [0.2, 0.25) is 0 Å². The molecule has 1 aliphatic carbocycles. The van der Waals surface area contributed by atoms with Crippen LogP contribution in [0.3, 0.4) is 0 Å². The van der Waals surface area contributed by atoms with Crippen LogP contribution in [0, 0.1) is 0 Å². The first-order chi connectivity index (χ1) is 10.9. The molecule has 0 spiro atoms. The third-order valence-corrected chi connectivity index (χ3v) is 5.58. The third kappa shape index (κ3) is 1.68. The van der Waals surface area contributed by atoms with Gasteiger partial charge in [0.05, 0.1) is 16.1 Å². The Kier molecular flexibility index (Phi) is 2.61. The molecule has 0 N–H and O–H groups in total. The molecule has 0 aliphatic heterocycles. The molecule has 22 heavy (non-hydrogen) atoms. The van der Waals surface area contributed by atoms with Crippen LogP contribution in [0.25, 0.3) is 32.2 Å². The second-order valence-corrected chi connectivity index (χ2v) is 6.88. The third-order valence-electron chi connectivity index (χ3n) is 4.70. The van der Waals surface area contributed by atoms with Crippen LogP contribution in [-0.2, 0) is 12.8 Å². The van der Waals surface area contributed by atoms with Crippen LogP contribution in [0.4, 0.5) is 0 Å². The Bertz CT molecular complexity index is 999. The maximum Gasteiger partial charge on any atom is 0.0844 e. The van der Waals surface area contributed by atoms with Crippen LogP contribution in [-0.4, -0.2) is 4.98 Å². The van der Waals surface area contributed by atoms with Crippen LogP contribution in [0.1, 0.15) is 17.5 Å². The lowest BCUT2D eigenvalue weighted by atomic mass is 9.97. The number of pyridine rings is 1. The van der Waals surface area contributed by atoms with E-state index in [1.165, 1.54) is 50.7 Å². The Labute approximate surface area is 133 Å². The Morgan fingerprint density at radius 2 is 1.77 bits per heavy atom. The highest BCUT2D eigenvalue weighted by Crippen LogP contribution is 2.39. The lowest BCUT2D eigenvalue weighted by Crippen LogP contribution is -1.95. The first-order valence-corrected chi connectivity index (χ1v) is 8.67. The predicted molar refractivity (Wildman–Crippen MR) is 94.6 cm³/mol. The summed E-state index contributed by atoms with van der Waals surface area (Å²) in [5.74, 6) is 0. The standard InChI is InChI=1S/C20H15NS/c1-2-6-14-13(5-1)10-11-17-19(14)15-7-3-8-16(15)20(21-17)18-9-4-12-22-18/h1-2,4-6,9-12H,3,7-8H2. The summed E-state index contributed by atoms with van der Waals surface area (Å²) < 4.78 is 0. The summed E-state index contributed by atoms with van der Waals surface area (Å²) in [4.78, 5) is 6.35. The Hall–Kier alpha value is -2.19. The molecule has 0 amide bonds. The largest absolute Gasteiger partial charge is 0.247 e. The Morgan fingerprint density at radius 3 is 2.68 bits per heavy atom. The van der Waals surface area contributed by atoms with Crippen molar-refractivity contribution in [2.45, 2.75) is 19.3 Å². The van der Waals surface area contributed by atoms with Crippen molar-refractivity contribution in [3.05, 3.63) is 65.0 Å². The van der Waals surface area contributed by atoms with E-state index in [-0.39, 0.29) is 0 Å². The van der Waals surface area contributed by atoms with Crippen molar-refractivity contribution in [1.29, 1.82) is 0 Å². The van der Waals surface area contributed by atoms with Crippen molar-refractivity contribution in [3.8, 4) is 10.6 Å². The van der Waals surface area contributed by atoms with Gasteiger partial charge in [0.25, 0.3) is 0 Å². The van der Waals surface area contributed by atoms with Gasteiger partial charge in [-0.1, -0.05) is 36.4 Å². The zero-order valence-electron chi connectivity index (χ0n) is 12.2. The second-order valence-electron chi connectivity index (χ2n) is 5.93. The molecule has 0 unspecified atom stereocenters. The van der Waals surface area contributed by atoms with Gasteiger partial charge in [-0.05, 0) is 58.7 Å². The maximum atomic E-state index is 5.05. The number of fused-ring (bicyclic) bond motifs is 5. The van der Waals surface area contributed by atoms with Crippen molar-refractivity contribution in [1.82, 2.24) is 4.98 Å². The molecule has 2 heterocycles. The lowest BCUT2D eigenvalue weighted by Gasteiger charge is -2.12. The number of aryl methyl sites for hydroxylation is 1. The molecule has 5 rings (SSSR count). The van der Waals surface area contributed by atoms with E-state index in [0.29, 0.717) is 0 Å². The smallest absolute Gasteiger partial charge is 0.0844 e. The molecule has 0 saturated carbocycles. The first kappa shape index (κ1) is 12.4. The first-order valence-electron chi connectivity index (χ1n) is 7.79. The molecule has 0 radical (unpaired) electrons. The lowest BCUT2D eigenvalue weighted by molar-refractivity contribution is 0.913. The SMILES string of the molecule is c1csc(-c2nc3ccc4ccccc4c3c3c2CCC3)c1. The minimum absolute atomic E-state index is 1.14. The van der Waals surface area contributed by atoms with Crippen molar-refractivity contribution in [2.75, 3.05) is 0 Å². The summed E-state index contributed by atoms with van der Waals surface area (Å²) in [5.41, 5.74) is 5.37. The summed E-state index contributed by atoms with van der Waals surface area (Å²) in [6, 6.07) is 17.4.